The Labute approximate surface area is 160 Å². The normalized spacial score (nSPS) is 22.6. The van der Waals surface area contributed by atoms with Gasteiger partial charge in [-0.25, -0.2) is 4.79 Å². The number of nitrogens with zero attached hydrogens (tertiary/aromatic N) is 2. The smallest absolute Gasteiger partial charge is 0.322 e. The van der Waals surface area contributed by atoms with Crippen molar-refractivity contribution in [3.05, 3.63) is 64.3 Å². The molecule has 2 aromatic rings. The van der Waals surface area contributed by atoms with Crippen LogP contribution in [-0.2, 0) is 10.3 Å². The van der Waals surface area contributed by atoms with Crippen molar-refractivity contribution >= 4 is 17.8 Å². The number of amides is 4. The Hall–Kier alpha value is -3.49. The highest BCUT2D eigenvalue weighted by atomic mass is 16.2. The van der Waals surface area contributed by atoms with E-state index >= 15 is 0 Å². The summed E-state index contributed by atoms with van der Waals surface area (Å²) in [5, 5.41) is 5.08. The first-order valence-corrected chi connectivity index (χ1v) is 9.04. The molecule has 0 saturated carbocycles. The molecule has 0 aromatic carbocycles. The molecule has 1 atom stereocenters. The van der Waals surface area contributed by atoms with Crippen molar-refractivity contribution in [2.45, 2.75) is 18.4 Å². The first kappa shape index (κ1) is 17.9. The molecule has 9 heteroatoms. The minimum atomic E-state index is -1.25. The fourth-order valence-electron chi connectivity index (χ4n) is 4.02. The monoisotopic (exact) mass is 381 g/mol. The molecule has 28 heavy (non-hydrogen) atoms. The first-order chi connectivity index (χ1) is 13.5. The maximum Gasteiger partial charge on any atom is 0.322 e. The molecule has 2 fully saturated rings. The van der Waals surface area contributed by atoms with Crippen molar-refractivity contribution in [3.8, 4) is 0 Å². The summed E-state index contributed by atoms with van der Waals surface area (Å²) >= 11 is 0. The SMILES string of the molecule is O=C1NC(=O)[C@@](c2ccccn2)(C2CCN(C(=O)c3ccc[nH]c3=O)CC2)N1. The number of hydrogen-bond acceptors (Lipinski definition) is 5. The summed E-state index contributed by atoms with van der Waals surface area (Å²) in [5.41, 5.74) is -1.12. The third-order valence-electron chi connectivity index (χ3n) is 5.41. The van der Waals surface area contributed by atoms with E-state index < -0.39 is 23.0 Å². The maximum atomic E-state index is 12.7. The van der Waals surface area contributed by atoms with Crippen LogP contribution in [0.2, 0.25) is 0 Å². The molecule has 2 aliphatic heterocycles. The lowest BCUT2D eigenvalue weighted by atomic mass is 9.75. The molecular weight excluding hydrogens is 362 g/mol. The van der Waals surface area contributed by atoms with E-state index in [0.29, 0.717) is 31.6 Å². The molecule has 2 saturated heterocycles. The molecule has 0 bridgehead atoms. The Morgan fingerprint density at radius 2 is 1.89 bits per heavy atom. The lowest BCUT2D eigenvalue weighted by Gasteiger charge is -2.40. The second-order valence-corrected chi connectivity index (χ2v) is 6.91. The molecule has 4 amide bonds. The topological polar surface area (TPSA) is 124 Å². The van der Waals surface area contributed by atoms with E-state index in [1.165, 1.54) is 12.3 Å². The van der Waals surface area contributed by atoms with Crippen LogP contribution in [0.3, 0.4) is 0 Å². The number of imide groups is 1. The van der Waals surface area contributed by atoms with Crippen LogP contribution >= 0.6 is 0 Å². The zero-order valence-corrected chi connectivity index (χ0v) is 15.0. The van der Waals surface area contributed by atoms with Crippen molar-refractivity contribution < 1.29 is 14.4 Å². The Morgan fingerprint density at radius 1 is 1.11 bits per heavy atom. The third kappa shape index (κ3) is 2.84. The summed E-state index contributed by atoms with van der Waals surface area (Å²) < 4.78 is 0. The van der Waals surface area contributed by atoms with Crippen LogP contribution in [0.5, 0.6) is 0 Å². The van der Waals surface area contributed by atoms with E-state index in [4.69, 9.17) is 0 Å². The van der Waals surface area contributed by atoms with Gasteiger partial charge in [-0.3, -0.25) is 24.7 Å². The number of likely N-dealkylation sites (tertiary alicyclic amines) is 1. The zero-order valence-electron chi connectivity index (χ0n) is 15.0. The summed E-state index contributed by atoms with van der Waals surface area (Å²) in [7, 11) is 0. The molecule has 2 aromatic heterocycles. The summed E-state index contributed by atoms with van der Waals surface area (Å²) in [4.78, 5) is 57.6. The predicted molar refractivity (Wildman–Crippen MR) is 98.3 cm³/mol. The van der Waals surface area contributed by atoms with Crippen LogP contribution in [0, 0.1) is 5.92 Å². The Bertz CT molecular complexity index is 981. The molecule has 0 aliphatic carbocycles. The van der Waals surface area contributed by atoms with Gasteiger partial charge in [0.1, 0.15) is 5.56 Å². The van der Waals surface area contributed by atoms with Crippen LogP contribution in [0.25, 0.3) is 0 Å². The van der Waals surface area contributed by atoms with Crippen molar-refractivity contribution in [2.75, 3.05) is 13.1 Å². The molecule has 3 N–H and O–H groups in total. The lowest BCUT2D eigenvalue weighted by Crippen LogP contribution is -2.54. The van der Waals surface area contributed by atoms with Gasteiger partial charge in [-0.2, -0.15) is 0 Å². The van der Waals surface area contributed by atoms with Crippen molar-refractivity contribution in [2.24, 2.45) is 5.92 Å². The third-order valence-corrected chi connectivity index (χ3v) is 5.41. The number of carbonyl (C=O) groups is 3. The number of pyridine rings is 2. The van der Waals surface area contributed by atoms with E-state index in [0.717, 1.165) is 0 Å². The fraction of sp³-hybridized carbons (Fsp3) is 0.316. The van der Waals surface area contributed by atoms with Gasteiger partial charge in [0, 0.05) is 31.4 Å². The second kappa shape index (κ2) is 6.91. The summed E-state index contributed by atoms with van der Waals surface area (Å²) in [5.74, 6) is -1.00. The van der Waals surface area contributed by atoms with Gasteiger partial charge in [0.25, 0.3) is 17.4 Å². The average molecular weight is 381 g/mol. The van der Waals surface area contributed by atoms with E-state index in [-0.39, 0.29) is 17.4 Å². The van der Waals surface area contributed by atoms with Crippen LogP contribution in [-0.4, -0.2) is 45.8 Å². The lowest BCUT2D eigenvalue weighted by molar-refractivity contribution is -0.127. The number of rotatable bonds is 3. The molecule has 4 rings (SSSR count). The number of piperidine rings is 1. The van der Waals surface area contributed by atoms with Crippen molar-refractivity contribution in [1.82, 2.24) is 25.5 Å². The van der Waals surface area contributed by atoms with Crippen molar-refractivity contribution in [1.29, 1.82) is 0 Å². The van der Waals surface area contributed by atoms with Crippen molar-refractivity contribution in [3.63, 3.8) is 0 Å². The molecule has 9 nitrogen and oxygen atoms in total. The highest BCUT2D eigenvalue weighted by Gasteiger charge is 2.54. The Morgan fingerprint density at radius 3 is 2.50 bits per heavy atom. The number of carbonyl (C=O) groups excluding carboxylic acids is 3. The standard InChI is InChI=1S/C19H19N5O4/c25-15-13(4-3-9-21-15)16(26)24-10-6-12(7-11-24)19(14-5-1-2-8-20-14)17(27)22-18(28)23-19/h1-5,8-9,12H,6-7,10-11H2,(H,21,25)(H2,22,23,27,28)/t19-/m0/s1. The highest BCUT2D eigenvalue weighted by Crippen LogP contribution is 2.38. The minimum Gasteiger partial charge on any atom is -0.338 e. The van der Waals surface area contributed by atoms with Crippen LogP contribution in [0.15, 0.2) is 47.5 Å². The fourth-order valence-corrected chi connectivity index (χ4v) is 4.02. The summed E-state index contributed by atoms with van der Waals surface area (Å²) in [6.07, 6.45) is 4.03. The van der Waals surface area contributed by atoms with E-state index in [1.54, 1.807) is 35.4 Å². The summed E-state index contributed by atoms with van der Waals surface area (Å²) in [6.45, 7) is 0.741. The number of hydrogen-bond donors (Lipinski definition) is 3. The minimum absolute atomic E-state index is 0.0901. The van der Waals surface area contributed by atoms with E-state index in [1.807, 2.05) is 0 Å². The highest BCUT2D eigenvalue weighted by molar-refractivity contribution is 6.07. The number of urea groups is 1. The number of aromatic nitrogens is 2. The van der Waals surface area contributed by atoms with Gasteiger partial charge in [0.2, 0.25) is 0 Å². The predicted octanol–water partition coefficient (Wildman–Crippen LogP) is 0.357. The molecule has 2 aliphatic rings. The van der Waals surface area contributed by atoms with Gasteiger partial charge in [-0.05, 0) is 37.1 Å². The largest absolute Gasteiger partial charge is 0.338 e. The quantitative estimate of drug-likeness (QED) is 0.662. The van der Waals surface area contributed by atoms with Gasteiger partial charge in [0.15, 0.2) is 5.54 Å². The first-order valence-electron chi connectivity index (χ1n) is 9.04. The van der Waals surface area contributed by atoms with Crippen LogP contribution in [0.4, 0.5) is 4.79 Å². The van der Waals surface area contributed by atoms with Gasteiger partial charge < -0.3 is 15.2 Å². The molecule has 0 radical (unpaired) electrons. The van der Waals surface area contributed by atoms with Gasteiger partial charge >= 0.3 is 6.03 Å². The molecule has 144 valence electrons. The Kier molecular flexibility index (Phi) is 4.42. The van der Waals surface area contributed by atoms with Gasteiger partial charge in [0.05, 0.1) is 5.69 Å². The van der Waals surface area contributed by atoms with Gasteiger partial charge in [-0.15, -0.1) is 0 Å². The number of nitrogens with one attached hydrogen (secondary N) is 3. The van der Waals surface area contributed by atoms with Gasteiger partial charge in [-0.1, -0.05) is 6.07 Å². The molecule has 4 heterocycles. The van der Waals surface area contributed by atoms with E-state index in [2.05, 4.69) is 20.6 Å². The molecular formula is C19H19N5O4. The molecule has 0 unspecified atom stereocenters. The number of H-pyrrole nitrogens is 1. The second-order valence-electron chi connectivity index (χ2n) is 6.91. The maximum absolute atomic E-state index is 12.7. The van der Waals surface area contributed by atoms with Crippen LogP contribution < -0.4 is 16.2 Å². The summed E-state index contributed by atoms with van der Waals surface area (Å²) in [6, 6.07) is 7.77. The molecule has 0 spiro atoms. The average Bonchev–Trinajstić information content (AvgIpc) is 3.03. The Balaban J connectivity index is 1.57. The van der Waals surface area contributed by atoms with E-state index in [9.17, 15) is 19.2 Å². The number of aromatic amines is 1. The zero-order chi connectivity index (χ0) is 19.7. The van der Waals surface area contributed by atoms with Crippen LogP contribution in [0.1, 0.15) is 28.9 Å².